The van der Waals surface area contributed by atoms with Gasteiger partial charge in [-0.05, 0) is 18.2 Å². The molecule has 0 saturated heterocycles. The van der Waals surface area contributed by atoms with Crippen LogP contribution in [0.2, 0.25) is 5.15 Å². The van der Waals surface area contributed by atoms with Crippen LogP contribution >= 0.6 is 11.6 Å². The monoisotopic (exact) mass is 272 g/mol. The molecule has 0 radical (unpaired) electrons. The average molecular weight is 273 g/mol. The molecule has 1 aromatic heterocycles. The molecule has 0 spiro atoms. The largest absolute Gasteiger partial charge is 0.300 e. The zero-order chi connectivity index (χ0) is 13.4. The molecule has 3 aromatic rings. The van der Waals surface area contributed by atoms with Gasteiger partial charge < -0.3 is 0 Å². The SMILES string of the molecule is O=[N+]([O-])c1cccc(-n2c(Cl)cc3ccccc32)c1. The summed E-state index contributed by atoms with van der Waals surface area (Å²) in [7, 11) is 0. The van der Waals surface area contributed by atoms with Crippen LogP contribution < -0.4 is 0 Å². The Labute approximate surface area is 114 Å². The van der Waals surface area contributed by atoms with Crippen molar-refractivity contribution in [1.82, 2.24) is 4.57 Å². The minimum Gasteiger partial charge on any atom is -0.300 e. The van der Waals surface area contributed by atoms with Gasteiger partial charge in [0.15, 0.2) is 0 Å². The van der Waals surface area contributed by atoms with Crippen LogP contribution in [0.4, 0.5) is 5.69 Å². The Balaban J connectivity index is 2.27. The maximum absolute atomic E-state index is 10.8. The van der Waals surface area contributed by atoms with Gasteiger partial charge in [0.05, 0.1) is 16.1 Å². The van der Waals surface area contributed by atoms with E-state index in [1.807, 2.05) is 30.3 Å². The van der Waals surface area contributed by atoms with E-state index < -0.39 is 4.92 Å². The number of nitrogens with zero attached hydrogens (tertiary/aromatic N) is 2. The van der Waals surface area contributed by atoms with Gasteiger partial charge in [-0.1, -0.05) is 35.9 Å². The highest BCUT2D eigenvalue weighted by Crippen LogP contribution is 2.28. The Morgan fingerprint density at radius 3 is 2.63 bits per heavy atom. The molecule has 3 rings (SSSR count). The maximum Gasteiger partial charge on any atom is 0.271 e. The van der Waals surface area contributed by atoms with Gasteiger partial charge in [-0.25, -0.2) is 0 Å². The van der Waals surface area contributed by atoms with E-state index in [4.69, 9.17) is 11.6 Å². The van der Waals surface area contributed by atoms with Crippen molar-refractivity contribution in [3.05, 3.63) is 69.9 Å². The van der Waals surface area contributed by atoms with E-state index in [-0.39, 0.29) is 5.69 Å². The second-order valence-electron chi connectivity index (χ2n) is 4.14. The number of rotatable bonds is 2. The molecule has 19 heavy (non-hydrogen) atoms. The van der Waals surface area contributed by atoms with E-state index >= 15 is 0 Å². The molecule has 0 fully saturated rings. The predicted molar refractivity (Wildman–Crippen MR) is 74.9 cm³/mol. The summed E-state index contributed by atoms with van der Waals surface area (Å²) in [4.78, 5) is 10.4. The van der Waals surface area contributed by atoms with Crippen LogP contribution in [0.15, 0.2) is 54.6 Å². The Morgan fingerprint density at radius 2 is 1.84 bits per heavy atom. The number of aromatic nitrogens is 1. The number of halogens is 1. The number of fused-ring (bicyclic) bond motifs is 1. The third-order valence-electron chi connectivity index (χ3n) is 2.96. The highest BCUT2D eigenvalue weighted by molar-refractivity contribution is 6.31. The fraction of sp³-hybridized carbons (Fsp3) is 0. The maximum atomic E-state index is 10.8. The Kier molecular flexibility index (Phi) is 2.72. The van der Waals surface area contributed by atoms with E-state index in [0.717, 1.165) is 10.9 Å². The summed E-state index contributed by atoms with van der Waals surface area (Å²) in [6.45, 7) is 0. The first-order valence-corrected chi connectivity index (χ1v) is 6.05. The lowest BCUT2D eigenvalue weighted by Gasteiger charge is -2.06. The smallest absolute Gasteiger partial charge is 0.271 e. The third kappa shape index (κ3) is 1.96. The second-order valence-corrected chi connectivity index (χ2v) is 4.53. The van der Waals surface area contributed by atoms with Gasteiger partial charge in [0.1, 0.15) is 5.15 Å². The first-order valence-electron chi connectivity index (χ1n) is 5.67. The first kappa shape index (κ1) is 11.7. The molecular formula is C14H9ClN2O2. The van der Waals surface area contributed by atoms with Crippen LogP contribution in [0.3, 0.4) is 0 Å². The standard InChI is InChI=1S/C14H9ClN2O2/c15-14-8-10-4-1-2-7-13(10)16(14)11-5-3-6-12(9-11)17(18)19/h1-9H. The van der Waals surface area contributed by atoms with Gasteiger partial charge in [-0.3, -0.25) is 14.7 Å². The molecule has 1 heterocycles. The summed E-state index contributed by atoms with van der Waals surface area (Å²) in [6.07, 6.45) is 0. The molecule has 0 saturated carbocycles. The van der Waals surface area contributed by atoms with Crippen molar-refractivity contribution in [2.45, 2.75) is 0 Å². The Morgan fingerprint density at radius 1 is 1.05 bits per heavy atom. The molecule has 94 valence electrons. The number of nitro groups is 1. The molecule has 0 N–H and O–H groups in total. The Hall–Kier alpha value is -2.33. The van der Waals surface area contributed by atoms with E-state index in [2.05, 4.69) is 0 Å². The third-order valence-corrected chi connectivity index (χ3v) is 3.24. The van der Waals surface area contributed by atoms with Crippen molar-refractivity contribution in [3.63, 3.8) is 0 Å². The Bertz CT molecular complexity index is 780. The number of benzene rings is 2. The number of hydrogen-bond acceptors (Lipinski definition) is 2. The predicted octanol–water partition coefficient (Wildman–Crippen LogP) is 4.19. The van der Waals surface area contributed by atoms with E-state index in [1.165, 1.54) is 12.1 Å². The molecule has 0 amide bonds. The van der Waals surface area contributed by atoms with Crippen LogP contribution in [-0.4, -0.2) is 9.49 Å². The van der Waals surface area contributed by atoms with Gasteiger partial charge >= 0.3 is 0 Å². The summed E-state index contributed by atoms with van der Waals surface area (Å²) in [5, 5.41) is 12.4. The molecule has 0 aliphatic carbocycles. The van der Waals surface area contributed by atoms with Crippen LogP contribution in [0.25, 0.3) is 16.6 Å². The first-order chi connectivity index (χ1) is 9.16. The van der Waals surface area contributed by atoms with Crippen LogP contribution in [-0.2, 0) is 0 Å². The molecule has 2 aromatic carbocycles. The molecule has 0 aliphatic rings. The van der Waals surface area contributed by atoms with Gasteiger partial charge in [0.25, 0.3) is 5.69 Å². The van der Waals surface area contributed by atoms with Crippen LogP contribution in [0.1, 0.15) is 0 Å². The minimum absolute atomic E-state index is 0.0475. The number of para-hydroxylation sites is 1. The van der Waals surface area contributed by atoms with Crippen molar-refractivity contribution in [2.24, 2.45) is 0 Å². The van der Waals surface area contributed by atoms with Crippen molar-refractivity contribution < 1.29 is 4.92 Å². The fourth-order valence-corrected chi connectivity index (χ4v) is 2.44. The molecule has 0 bridgehead atoms. The van der Waals surface area contributed by atoms with Crippen molar-refractivity contribution in [3.8, 4) is 5.69 Å². The van der Waals surface area contributed by atoms with E-state index in [0.29, 0.717) is 10.8 Å². The number of nitro benzene ring substituents is 1. The minimum atomic E-state index is -0.414. The van der Waals surface area contributed by atoms with Crippen molar-refractivity contribution >= 4 is 28.2 Å². The van der Waals surface area contributed by atoms with E-state index in [9.17, 15) is 10.1 Å². The van der Waals surface area contributed by atoms with E-state index in [1.54, 1.807) is 16.7 Å². The molecule has 5 heteroatoms. The molecule has 0 atom stereocenters. The molecular weight excluding hydrogens is 264 g/mol. The summed E-state index contributed by atoms with van der Waals surface area (Å²) in [6, 6.07) is 16.0. The lowest BCUT2D eigenvalue weighted by molar-refractivity contribution is -0.384. The summed E-state index contributed by atoms with van der Waals surface area (Å²) in [5.74, 6) is 0. The van der Waals surface area contributed by atoms with Gasteiger partial charge in [0, 0.05) is 17.5 Å². The zero-order valence-electron chi connectivity index (χ0n) is 9.79. The highest BCUT2D eigenvalue weighted by atomic mass is 35.5. The fourth-order valence-electron chi connectivity index (χ4n) is 2.13. The second kappa shape index (κ2) is 4.40. The molecule has 0 unspecified atom stereocenters. The van der Waals surface area contributed by atoms with Crippen LogP contribution in [0.5, 0.6) is 0 Å². The lowest BCUT2D eigenvalue weighted by atomic mass is 10.2. The van der Waals surface area contributed by atoms with Gasteiger partial charge in [-0.15, -0.1) is 0 Å². The highest BCUT2D eigenvalue weighted by Gasteiger charge is 2.11. The molecule has 4 nitrogen and oxygen atoms in total. The quantitative estimate of drug-likeness (QED) is 0.519. The number of hydrogen-bond donors (Lipinski definition) is 0. The normalized spacial score (nSPS) is 10.8. The average Bonchev–Trinajstić information content (AvgIpc) is 2.74. The topological polar surface area (TPSA) is 48.1 Å². The molecule has 0 aliphatic heterocycles. The van der Waals surface area contributed by atoms with Crippen molar-refractivity contribution in [1.29, 1.82) is 0 Å². The summed E-state index contributed by atoms with van der Waals surface area (Å²) in [5.41, 5.74) is 1.65. The summed E-state index contributed by atoms with van der Waals surface area (Å²) < 4.78 is 1.80. The van der Waals surface area contributed by atoms with Crippen LogP contribution in [0, 0.1) is 10.1 Å². The van der Waals surface area contributed by atoms with Gasteiger partial charge in [-0.2, -0.15) is 0 Å². The number of non-ortho nitro benzene ring substituents is 1. The van der Waals surface area contributed by atoms with Gasteiger partial charge in [0.2, 0.25) is 0 Å². The van der Waals surface area contributed by atoms with Crippen molar-refractivity contribution in [2.75, 3.05) is 0 Å². The summed E-state index contributed by atoms with van der Waals surface area (Å²) >= 11 is 6.23. The lowest BCUT2D eigenvalue weighted by Crippen LogP contribution is -1.95. The zero-order valence-corrected chi connectivity index (χ0v) is 10.5.